The number of esters is 1. The van der Waals surface area contributed by atoms with Crippen LogP contribution in [0.25, 0.3) is 0 Å². The highest BCUT2D eigenvalue weighted by Crippen LogP contribution is 2.24. The summed E-state index contributed by atoms with van der Waals surface area (Å²) in [7, 11) is 1.43. The minimum absolute atomic E-state index is 0.0420. The van der Waals surface area contributed by atoms with E-state index >= 15 is 0 Å². The number of methoxy groups -OCH3 is 1. The van der Waals surface area contributed by atoms with Gasteiger partial charge in [-0.1, -0.05) is 0 Å². The maximum absolute atomic E-state index is 11.4. The van der Waals surface area contributed by atoms with E-state index in [4.69, 9.17) is 10.5 Å². The number of nitrogens with zero attached hydrogens (tertiary/aromatic N) is 2. The lowest BCUT2D eigenvalue weighted by atomic mass is 10.1. The summed E-state index contributed by atoms with van der Waals surface area (Å²) < 4.78 is 4.76. The average Bonchev–Trinajstić information content (AvgIpc) is 2.81. The van der Waals surface area contributed by atoms with Crippen molar-refractivity contribution in [1.29, 1.82) is 0 Å². The summed E-state index contributed by atoms with van der Waals surface area (Å²) in [4.78, 5) is 17.8. The van der Waals surface area contributed by atoms with Crippen molar-refractivity contribution in [2.45, 2.75) is 13.3 Å². The quantitative estimate of drug-likeness (QED) is 0.774. The molecule has 0 amide bonds. The Labute approximate surface area is 101 Å². The van der Waals surface area contributed by atoms with Crippen molar-refractivity contribution in [3.8, 4) is 0 Å². The van der Waals surface area contributed by atoms with Crippen LogP contribution in [-0.2, 0) is 9.53 Å². The number of ether oxygens (including phenoxy) is 1. The van der Waals surface area contributed by atoms with Crippen LogP contribution in [0, 0.1) is 12.8 Å². The highest BCUT2D eigenvalue weighted by Gasteiger charge is 2.29. The van der Waals surface area contributed by atoms with E-state index < -0.39 is 0 Å². The third kappa shape index (κ3) is 2.33. The number of aromatic nitrogens is 1. The normalized spacial score (nSPS) is 19.4. The molecule has 1 unspecified atom stereocenters. The molecular weight excluding hydrogens is 218 g/mol. The topological polar surface area (TPSA) is 68.5 Å². The lowest BCUT2D eigenvalue weighted by molar-refractivity contribution is -0.144. The first kappa shape index (κ1) is 11.7. The molecule has 1 saturated heterocycles. The van der Waals surface area contributed by atoms with E-state index in [-0.39, 0.29) is 11.9 Å². The van der Waals surface area contributed by atoms with Gasteiger partial charge in [-0.15, -0.1) is 0 Å². The number of nitrogens with two attached hydrogens (primary N) is 1. The monoisotopic (exact) mass is 235 g/mol. The molecule has 2 N–H and O–H groups in total. The molecule has 0 saturated carbocycles. The minimum atomic E-state index is -0.139. The number of pyridine rings is 1. The Bertz CT molecular complexity index is 434. The predicted molar refractivity (Wildman–Crippen MR) is 65.7 cm³/mol. The zero-order valence-corrected chi connectivity index (χ0v) is 10.1. The molecule has 0 radical (unpaired) electrons. The Morgan fingerprint density at radius 2 is 2.41 bits per heavy atom. The molecule has 1 aromatic heterocycles. The molecule has 0 bridgehead atoms. The van der Waals surface area contributed by atoms with Crippen molar-refractivity contribution >= 4 is 17.5 Å². The highest BCUT2D eigenvalue weighted by atomic mass is 16.5. The first-order chi connectivity index (χ1) is 8.11. The van der Waals surface area contributed by atoms with Gasteiger partial charge in [0.25, 0.3) is 0 Å². The van der Waals surface area contributed by atoms with Crippen molar-refractivity contribution < 1.29 is 9.53 Å². The molecule has 5 heteroatoms. The molecule has 1 atom stereocenters. The third-order valence-electron chi connectivity index (χ3n) is 3.18. The van der Waals surface area contributed by atoms with Crippen molar-refractivity contribution in [3.63, 3.8) is 0 Å². The van der Waals surface area contributed by atoms with E-state index in [2.05, 4.69) is 9.88 Å². The van der Waals surface area contributed by atoms with Crippen molar-refractivity contribution in [3.05, 3.63) is 17.8 Å². The Balaban J connectivity index is 2.10. The summed E-state index contributed by atoms with van der Waals surface area (Å²) in [6.07, 6.45) is 2.48. The molecule has 2 heterocycles. The van der Waals surface area contributed by atoms with Gasteiger partial charge in [0.2, 0.25) is 0 Å². The molecule has 1 aromatic rings. The Morgan fingerprint density at radius 1 is 1.65 bits per heavy atom. The van der Waals surface area contributed by atoms with Gasteiger partial charge in [0, 0.05) is 13.1 Å². The van der Waals surface area contributed by atoms with E-state index in [1.54, 1.807) is 6.20 Å². The molecular formula is C12H17N3O2. The summed E-state index contributed by atoms with van der Waals surface area (Å²) in [6.45, 7) is 3.45. The van der Waals surface area contributed by atoms with Gasteiger partial charge < -0.3 is 15.4 Å². The molecule has 17 heavy (non-hydrogen) atoms. The molecule has 1 aliphatic rings. The van der Waals surface area contributed by atoms with Gasteiger partial charge in [0.1, 0.15) is 5.82 Å². The van der Waals surface area contributed by atoms with Gasteiger partial charge in [0.15, 0.2) is 0 Å². The number of hydrogen-bond donors (Lipinski definition) is 1. The maximum Gasteiger partial charge on any atom is 0.310 e. The highest BCUT2D eigenvalue weighted by molar-refractivity contribution is 5.74. The molecule has 0 aromatic carbocycles. The largest absolute Gasteiger partial charge is 0.469 e. The number of rotatable bonds is 2. The number of aryl methyl sites for hydroxylation is 1. The van der Waals surface area contributed by atoms with Crippen LogP contribution in [0.5, 0.6) is 0 Å². The van der Waals surface area contributed by atoms with Crippen LogP contribution < -0.4 is 10.6 Å². The van der Waals surface area contributed by atoms with Gasteiger partial charge in [-0.25, -0.2) is 4.98 Å². The van der Waals surface area contributed by atoms with E-state index in [0.29, 0.717) is 12.2 Å². The Kier molecular flexibility index (Phi) is 3.17. The lowest BCUT2D eigenvalue weighted by Crippen LogP contribution is -2.24. The Hall–Kier alpha value is -1.78. The smallest absolute Gasteiger partial charge is 0.310 e. The number of anilines is 2. The van der Waals surface area contributed by atoms with Gasteiger partial charge in [-0.2, -0.15) is 0 Å². The van der Waals surface area contributed by atoms with Crippen LogP contribution in [0.1, 0.15) is 12.0 Å². The van der Waals surface area contributed by atoms with E-state index in [0.717, 1.165) is 24.3 Å². The Morgan fingerprint density at radius 3 is 3.06 bits per heavy atom. The fraction of sp³-hybridized carbons (Fsp3) is 0.500. The van der Waals surface area contributed by atoms with Crippen LogP contribution in [0.15, 0.2) is 12.3 Å². The number of carbonyl (C=O) groups excluding carboxylic acids is 1. The molecule has 1 fully saturated rings. The van der Waals surface area contributed by atoms with Crippen LogP contribution >= 0.6 is 0 Å². The predicted octanol–water partition coefficient (Wildman–Crippen LogP) is 0.972. The fourth-order valence-corrected chi connectivity index (χ4v) is 2.05. The first-order valence-electron chi connectivity index (χ1n) is 5.66. The minimum Gasteiger partial charge on any atom is -0.469 e. The second kappa shape index (κ2) is 4.61. The first-order valence-corrected chi connectivity index (χ1v) is 5.66. The zero-order valence-electron chi connectivity index (χ0n) is 10.1. The van der Waals surface area contributed by atoms with Gasteiger partial charge in [0.05, 0.1) is 24.9 Å². The molecule has 92 valence electrons. The number of carbonyl (C=O) groups is 1. The van der Waals surface area contributed by atoms with Gasteiger partial charge >= 0.3 is 5.97 Å². The van der Waals surface area contributed by atoms with Gasteiger partial charge in [-0.05, 0) is 25.0 Å². The summed E-state index contributed by atoms with van der Waals surface area (Å²) in [5.41, 5.74) is 7.43. The maximum atomic E-state index is 11.4. The van der Waals surface area contributed by atoms with Crippen molar-refractivity contribution in [2.24, 2.45) is 5.92 Å². The molecule has 1 aliphatic heterocycles. The van der Waals surface area contributed by atoms with Crippen LogP contribution in [0.2, 0.25) is 0 Å². The molecule has 5 nitrogen and oxygen atoms in total. The molecule has 0 aliphatic carbocycles. The summed E-state index contributed by atoms with van der Waals surface area (Å²) in [6, 6.07) is 1.95. The molecule has 0 spiro atoms. The van der Waals surface area contributed by atoms with E-state index in [1.165, 1.54) is 7.11 Å². The SMILES string of the molecule is COC(=O)C1CCN(c2cc(C)c(N)cn2)C1. The van der Waals surface area contributed by atoms with Crippen LogP contribution in [0.3, 0.4) is 0 Å². The molecule has 2 rings (SSSR count). The summed E-state index contributed by atoms with van der Waals surface area (Å²) in [5, 5.41) is 0. The van der Waals surface area contributed by atoms with E-state index in [9.17, 15) is 4.79 Å². The number of hydrogen-bond acceptors (Lipinski definition) is 5. The average molecular weight is 235 g/mol. The second-order valence-electron chi connectivity index (χ2n) is 4.35. The summed E-state index contributed by atoms with van der Waals surface area (Å²) >= 11 is 0. The third-order valence-corrected chi connectivity index (χ3v) is 3.18. The lowest BCUT2D eigenvalue weighted by Gasteiger charge is -2.17. The van der Waals surface area contributed by atoms with Crippen LogP contribution in [-0.4, -0.2) is 31.2 Å². The van der Waals surface area contributed by atoms with Gasteiger partial charge in [-0.3, -0.25) is 4.79 Å². The van der Waals surface area contributed by atoms with Crippen molar-refractivity contribution in [2.75, 3.05) is 30.8 Å². The van der Waals surface area contributed by atoms with Crippen LogP contribution in [0.4, 0.5) is 11.5 Å². The van der Waals surface area contributed by atoms with Crippen molar-refractivity contribution in [1.82, 2.24) is 4.98 Å². The zero-order chi connectivity index (χ0) is 12.4. The summed E-state index contributed by atoms with van der Waals surface area (Å²) in [5.74, 6) is 0.697. The number of nitrogen functional groups attached to an aromatic ring is 1. The van der Waals surface area contributed by atoms with E-state index in [1.807, 2.05) is 13.0 Å². The second-order valence-corrected chi connectivity index (χ2v) is 4.35. The fourth-order valence-electron chi connectivity index (χ4n) is 2.05. The standard InChI is InChI=1S/C12H17N3O2/c1-8-5-11(14-6-10(8)13)15-4-3-9(7-15)12(16)17-2/h5-6,9H,3-4,7,13H2,1-2H3.